The van der Waals surface area contributed by atoms with Gasteiger partial charge in [-0.25, -0.2) is 5.06 Å². The number of fused-ring (bicyclic) bond motifs is 1. The molecular weight excluding hydrogens is 347 g/mol. The van der Waals surface area contributed by atoms with Gasteiger partial charge in [-0.2, -0.15) is 0 Å². The Balaban J connectivity index is 2.41. The lowest BCUT2D eigenvalue weighted by Crippen LogP contribution is -2.24. The molecule has 2 rings (SSSR count). The molecule has 0 aromatic heterocycles. The van der Waals surface area contributed by atoms with Crippen molar-refractivity contribution in [1.82, 2.24) is 5.06 Å². The number of carbonyl (C=O) groups is 2. The van der Waals surface area contributed by atoms with E-state index in [2.05, 4.69) is 27.9 Å². The van der Waals surface area contributed by atoms with Gasteiger partial charge in [0.2, 0.25) is 0 Å². The van der Waals surface area contributed by atoms with Crippen LogP contribution in [-0.4, -0.2) is 31.0 Å². The average molecular weight is 358 g/mol. The molecule has 0 bridgehead atoms. The first kappa shape index (κ1) is 13.0. The van der Waals surface area contributed by atoms with Gasteiger partial charge in [0.15, 0.2) is 0 Å². The number of halogens is 1. The third-order valence-electron chi connectivity index (χ3n) is 2.62. The number of hydroxylamine groups is 2. The monoisotopic (exact) mass is 358 g/mol. The Morgan fingerprint density at radius 2 is 2.22 bits per heavy atom. The van der Waals surface area contributed by atoms with E-state index in [1.54, 1.807) is 0 Å². The van der Waals surface area contributed by atoms with Crippen molar-refractivity contribution < 1.29 is 14.4 Å². The van der Waals surface area contributed by atoms with Crippen molar-refractivity contribution in [2.45, 2.75) is 0 Å². The summed E-state index contributed by atoms with van der Waals surface area (Å²) in [4.78, 5) is 28.3. The Morgan fingerprint density at radius 1 is 1.50 bits per heavy atom. The number of likely N-dealkylation sites (N-methyl/N-ethyl adjacent to an activating group) is 1. The molecule has 0 aliphatic carbocycles. The van der Waals surface area contributed by atoms with E-state index in [0.29, 0.717) is 5.57 Å². The van der Waals surface area contributed by atoms with Crippen LogP contribution in [0.2, 0.25) is 0 Å². The van der Waals surface area contributed by atoms with Gasteiger partial charge in [0.25, 0.3) is 11.8 Å². The highest BCUT2D eigenvalue weighted by atomic mass is 127. The Labute approximate surface area is 118 Å². The number of carbonyl (C=O) groups excluding carboxylic acids is 2. The smallest absolute Gasteiger partial charge is 0.270 e. The molecule has 0 atom stereocenters. The van der Waals surface area contributed by atoms with Crippen LogP contribution >= 0.6 is 22.6 Å². The second kappa shape index (κ2) is 5.07. The number of benzene rings is 1. The van der Waals surface area contributed by atoms with Gasteiger partial charge in [-0.1, -0.05) is 0 Å². The minimum absolute atomic E-state index is 0.273. The fraction of sp³-hybridized carbons (Fsp3) is 0.167. The third kappa shape index (κ3) is 2.39. The van der Waals surface area contributed by atoms with E-state index in [9.17, 15) is 9.59 Å². The van der Waals surface area contributed by atoms with E-state index in [1.807, 2.05) is 18.2 Å². The standard InChI is InChI=1S/C12H11IN2O3/c1-15(18-2)11(16)6-9-8-5-7(13)3-4-10(8)14-12(9)17/h3-6H,1-2H3,(H,14,17). The molecular formula is C12H11IN2O3. The number of nitrogens with one attached hydrogen (secondary N) is 1. The Hall–Kier alpha value is -1.41. The van der Waals surface area contributed by atoms with Gasteiger partial charge in [0.05, 0.1) is 12.7 Å². The highest BCUT2D eigenvalue weighted by Crippen LogP contribution is 2.32. The summed E-state index contributed by atoms with van der Waals surface area (Å²) < 4.78 is 1.00. The van der Waals surface area contributed by atoms with Crippen molar-refractivity contribution in [2.75, 3.05) is 19.5 Å². The fourth-order valence-electron chi connectivity index (χ4n) is 1.61. The molecule has 6 heteroatoms. The summed E-state index contributed by atoms with van der Waals surface area (Å²) in [7, 11) is 2.88. The normalized spacial score (nSPS) is 15.5. The summed E-state index contributed by atoms with van der Waals surface area (Å²) in [6, 6.07) is 5.58. The predicted octanol–water partition coefficient (Wildman–Crippen LogP) is 1.65. The van der Waals surface area contributed by atoms with E-state index in [-0.39, 0.29) is 11.8 Å². The summed E-state index contributed by atoms with van der Waals surface area (Å²) in [6.07, 6.45) is 1.28. The molecule has 0 fully saturated rings. The van der Waals surface area contributed by atoms with Crippen molar-refractivity contribution in [3.05, 3.63) is 33.4 Å². The number of hydrogen-bond acceptors (Lipinski definition) is 3. The van der Waals surface area contributed by atoms with Gasteiger partial charge in [-0.15, -0.1) is 0 Å². The zero-order chi connectivity index (χ0) is 13.3. The van der Waals surface area contributed by atoms with Crippen LogP contribution in [0.5, 0.6) is 0 Å². The molecule has 1 aromatic rings. The molecule has 0 radical (unpaired) electrons. The first-order chi connectivity index (χ1) is 8.52. The summed E-state index contributed by atoms with van der Waals surface area (Å²) in [5.41, 5.74) is 1.82. The highest BCUT2D eigenvalue weighted by molar-refractivity contribution is 14.1. The van der Waals surface area contributed by atoms with Gasteiger partial charge < -0.3 is 5.32 Å². The third-order valence-corrected chi connectivity index (χ3v) is 3.29. The van der Waals surface area contributed by atoms with Crippen LogP contribution < -0.4 is 5.32 Å². The lowest BCUT2D eigenvalue weighted by molar-refractivity contribution is -0.162. The topological polar surface area (TPSA) is 58.6 Å². The average Bonchev–Trinajstić information content (AvgIpc) is 2.65. The van der Waals surface area contributed by atoms with Crippen LogP contribution in [-0.2, 0) is 14.4 Å². The predicted molar refractivity (Wildman–Crippen MR) is 75.5 cm³/mol. The molecule has 94 valence electrons. The van der Waals surface area contributed by atoms with Crippen LogP contribution in [0.3, 0.4) is 0 Å². The fourth-order valence-corrected chi connectivity index (χ4v) is 2.10. The molecule has 1 aromatic carbocycles. The van der Waals surface area contributed by atoms with E-state index < -0.39 is 0 Å². The first-order valence-electron chi connectivity index (χ1n) is 5.17. The molecule has 1 N–H and O–H groups in total. The number of rotatable bonds is 2. The van der Waals surface area contributed by atoms with E-state index in [4.69, 9.17) is 4.84 Å². The van der Waals surface area contributed by atoms with Crippen molar-refractivity contribution in [3.63, 3.8) is 0 Å². The quantitative estimate of drug-likeness (QED) is 0.497. The van der Waals surface area contributed by atoms with Crippen molar-refractivity contribution >= 4 is 45.7 Å². The summed E-state index contributed by atoms with van der Waals surface area (Å²) in [5.74, 6) is -0.654. The SMILES string of the molecule is CON(C)C(=O)C=C1C(=O)Nc2ccc(I)cc21. The van der Waals surface area contributed by atoms with Gasteiger partial charge in [-0.3, -0.25) is 14.4 Å². The largest absolute Gasteiger partial charge is 0.321 e. The van der Waals surface area contributed by atoms with Crippen LogP contribution in [0.15, 0.2) is 24.3 Å². The minimum atomic E-state index is -0.380. The molecule has 0 spiro atoms. The molecule has 0 saturated heterocycles. The maximum absolute atomic E-state index is 11.8. The summed E-state index contributed by atoms with van der Waals surface area (Å²) in [6.45, 7) is 0. The van der Waals surface area contributed by atoms with E-state index in [1.165, 1.54) is 20.2 Å². The van der Waals surface area contributed by atoms with Crippen LogP contribution in [0.4, 0.5) is 5.69 Å². The molecule has 2 amide bonds. The number of anilines is 1. The molecule has 1 heterocycles. The second-order valence-corrected chi connectivity index (χ2v) is 4.97. The Kier molecular flexibility index (Phi) is 3.67. The number of hydrogen-bond donors (Lipinski definition) is 1. The van der Waals surface area contributed by atoms with Crippen molar-refractivity contribution in [1.29, 1.82) is 0 Å². The molecule has 1 aliphatic rings. The maximum Gasteiger partial charge on any atom is 0.270 e. The molecule has 18 heavy (non-hydrogen) atoms. The van der Waals surface area contributed by atoms with Crippen LogP contribution in [0, 0.1) is 3.57 Å². The Morgan fingerprint density at radius 3 is 2.89 bits per heavy atom. The van der Waals surface area contributed by atoms with Crippen LogP contribution in [0.1, 0.15) is 5.56 Å². The van der Waals surface area contributed by atoms with E-state index >= 15 is 0 Å². The van der Waals surface area contributed by atoms with Gasteiger partial charge in [-0.05, 0) is 40.8 Å². The van der Waals surface area contributed by atoms with Crippen LogP contribution in [0.25, 0.3) is 5.57 Å². The van der Waals surface area contributed by atoms with Gasteiger partial charge >= 0.3 is 0 Å². The molecule has 5 nitrogen and oxygen atoms in total. The van der Waals surface area contributed by atoms with Crippen molar-refractivity contribution in [3.8, 4) is 0 Å². The zero-order valence-electron chi connectivity index (χ0n) is 9.86. The molecule has 0 unspecified atom stereocenters. The summed E-state index contributed by atoms with van der Waals surface area (Å²) >= 11 is 2.16. The van der Waals surface area contributed by atoms with Gasteiger partial charge in [0.1, 0.15) is 0 Å². The van der Waals surface area contributed by atoms with Crippen molar-refractivity contribution in [2.24, 2.45) is 0 Å². The zero-order valence-corrected chi connectivity index (χ0v) is 12.0. The Bertz CT molecular complexity index is 554. The maximum atomic E-state index is 11.8. The molecule has 0 saturated carbocycles. The lowest BCUT2D eigenvalue weighted by Gasteiger charge is -2.10. The van der Waals surface area contributed by atoms with Gasteiger partial charge in [0, 0.05) is 27.9 Å². The molecule has 1 aliphatic heterocycles. The highest BCUT2D eigenvalue weighted by Gasteiger charge is 2.25. The first-order valence-corrected chi connectivity index (χ1v) is 6.25. The number of nitrogens with zero attached hydrogens (tertiary/aromatic N) is 1. The minimum Gasteiger partial charge on any atom is -0.321 e. The number of amides is 2. The van der Waals surface area contributed by atoms with E-state index in [0.717, 1.165) is 19.9 Å². The summed E-state index contributed by atoms with van der Waals surface area (Å²) in [5, 5.41) is 3.78. The second-order valence-electron chi connectivity index (χ2n) is 3.72. The lowest BCUT2D eigenvalue weighted by atomic mass is 10.1.